The van der Waals surface area contributed by atoms with Crippen LogP contribution in [0.3, 0.4) is 0 Å². The summed E-state index contributed by atoms with van der Waals surface area (Å²) >= 11 is 3.51. The van der Waals surface area contributed by atoms with Gasteiger partial charge >= 0.3 is 0 Å². The SMILES string of the molecule is C[SiH](C)C(C)(C)COc1ccc(Br)cc1OCc1ccccc1. The van der Waals surface area contributed by atoms with Gasteiger partial charge in [0.05, 0.1) is 6.61 Å². The Kier molecular flexibility index (Phi) is 6.30. The van der Waals surface area contributed by atoms with E-state index in [0.29, 0.717) is 6.61 Å². The van der Waals surface area contributed by atoms with E-state index in [9.17, 15) is 0 Å². The van der Waals surface area contributed by atoms with Crippen LogP contribution in [0.1, 0.15) is 19.4 Å². The van der Waals surface area contributed by atoms with E-state index in [0.717, 1.165) is 28.1 Å². The highest BCUT2D eigenvalue weighted by atomic mass is 79.9. The maximum absolute atomic E-state index is 6.10. The van der Waals surface area contributed by atoms with Crippen LogP contribution in [0.5, 0.6) is 11.5 Å². The number of rotatable bonds is 7. The molecule has 2 nitrogen and oxygen atoms in total. The lowest BCUT2D eigenvalue weighted by molar-refractivity contribution is 0.243. The Morgan fingerprint density at radius 3 is 2.30 bits per heavy atom. The molecule has 23 heavy (non-hydrogen) atoms. The molecular formula is C19H25BrO2Si. The summed E-state index contributed by atoms with van der Waals surface area (Å²) in [5.74, 6) is 1.59. The average molecular weight is 393 g/mol. The zero-order valence-corrected chi connectivity index (χ0v) is 17.0. The lowest BCUT2D eigenvalue weighted by Gasteiger charge is -2.28. The molecule has 0 spiro atoms. The highest BCUT2D eigenvalue weighted by Gasteiger charge is 2.24. The minimum Gasteiger partial charge on any atom is -0.489 e. The molecule has 0 N–H and O–H groups in total. The van der Waals surface area contributed by atoms with Crippen molar-refractivity contribution in [2.24, 2.45) is 0 Å². The van der Waals surface area contributed by atoms with Crippen molar-refractivity contribution in [2.75, 3.05) is 6.61 Å². The second-order valence-corrected chi connectivity index (χ2v) is 11.6. The molecule has 0 fully saturated rings. The monoisotopic (exact) mass is 392 g/mol. The standard InChI is InChI=1S/C19H25BrO2Si/c1-19(2,23(3)4)14-22-17-11-10-16(20)12-18(17)21-13-15-8-6-5-7-9-15/h5-12,23H,13-14H2,1-4H3. The number of ether oxygens (including phenoxy) is 2. The fourth-order valence-electron chi connectivity index (χ4n) is 1.88. The summed E-state index contributed by atoms with van der Waals surface area (Å²) in [6, 6.07) is 16.1. The number of benzene rings is 2. The van der Waals surface area contributed by atoms with Crippen LogP contribution in [-0.2, 0) is 6.61 Å². The van der Waals surface area contributed by atoms with Gasteiger partial charge in [0.2, 0.25) is 0 Å². The highest BCUT2D eigenvalue weighted by molar-refractivity contribution is 9.10. The van der Waals surface area contributed by atoms with Gasteiger partial charge in [-0.2, -0.15) is 0 Å². The van der Waals surface area contributed by atoms with Gasteiger partial charge < -0.3 is 9.47 Å². The molecule has 0 saturated carbocycles. The zero-order valence-electron chi connectivity index (χ0n) is 14.3. The normalized spacial score (nSPS) is 11.6. The largest absolute Gasteiger partial charge is 0.489 e. The molecule has 4 heteroatoms. The Balaban J connectivity index is 2.08. The first-order valence-corrected chi connectivity index (χ1v) is 11.7. The van der Waals surface area contributed by atoms with Crippen molar-refractivity contribution in [1.82, 2.24) is 0 Å². The van der Waals surface area contributed by atoms with Crippen LogP contribution in [0.15, 0.2) is 53.0 Å². The minimum absolute atomic E-state index is 0.254. The first-order chi connectivity index (χ1) is 10.9. The summed E-state index contributed by atoms with van der Waals surface area (Å²) in [7, 11) is -0.787. The molecule has 0 radical (unpaired) electrons. The van der Waals surface area contributed by atoms with Gasteiger partial charge in [-0.15, -0.1) is 0 Å². The Morgan fingerprint density at radius 2 is 1.65 bits per heavy atom. The van der Waals surface area contributed by atoms with Crippen LogP contribution in [0.25, 0.3) is 0 Å². The quantitative estimate of drug-likeness (QED) is 0.564. The molecule has 0 aliphatic rings. The van der Waals surface area contributed by atoms with Crippen LogP contribution in [-0.4, -0.2) is 15.4 Å². The van der Waals surface area contributed by atoms with Crippen molar-refractivity contribution in [1.29, 1.82) is 0 Å². The van der Waals surface area contributed by atoms with E-state index in [1.165, 1.54) is 0 Å². The van der Waals surface area contributed by atoms with Crippen LogP contribution >= 0.6 is 15.9 Å². The molecule has 0 unspecified atom stereocenters. The van der Waals surface area contributed by atoms with E-state index in [-0.39, 0.29) is 5.04 Å². The van der Waals surface area contributed by atoms with Gasteiger partial charge in [0.1, 0.15) is 6.61 Å². The summed E-state index contributed by atoms with van der Waals surface area (Å²) in [5.41, 5.74) is 1.15. The Hall–Kier alpha value is -1.26. The van der Waals surface area contributed by atoms with Gasteiger partial charge in [-0.1, -0.05) is 73.2 Å². The lowest BCUT2D eigenvalue weighted by atomic mass is 10.2. The summed E-state index contributed by atoms with van der Waals surface area (Å²) < 4.78 is 13.1. The molecule has 2 rings (SSSR count). The maximum atomic E-state index is 6.10. The number of hydrogen-bond donors (Lipinski definition) is 0. The Morgan fingerprint density at radius 1 is 0.957 bits per heavy atom. The van der Waals surface area contributed by atoms with Crippen molar-refractivity contribution >= 4 is 24.7 Å². The minimum atomic E-state index is -0.787. The summed E-state index contributed by atoms with van der Waals surface area (Å²) in [4.78, 5) is 0. The van der Waals surface area contributed by atoms with Crippen molar-refractivity contribution < 1.29 is 9.47 Å². The lowest BCUT2D eigenvalue weighted by Crippen LogP contribution is -2.27. The molecule has 0 bridgehead atoms. The summed E-state index contributed by atoms with van der Waals surface area (Å²) in [6.07, 6.45) is 0. The fourth-order valence-corrected chi connectivity index (χ4v) is 2.64. The molecule has 0 saturated heterocycles. The van der Waals surface area contributed by atoms with Crippen molar-refractivity contribution in [2.45, 2.75) is 38.6 Å². The molecule has 0 aliphatic carbocycles. The molecule has 0 amide bonds. The van der Waals surface area contributed by atoms with Gasteiger partial charge in [-0.3, -0.25) is 0 Å². The average Bonchev–Trinajstić information content (AvgIpc) is 2.53. The topological polar surface area (TPSA) is 18.5 Å². The first-order valence-electron chi connectivity index (χ1n) is 7.97. The molecule has 2 aromatic rings. The third-order valence-electron chi connectivity index (χ3n) is 4.31. The maximum Gasteiger partial charge on any atom is 0.162 e. The predicted molar refractivity (Wildman–Crippen MR) is 103 cm³/mol. The molecule has 0 aliphatic heterocycles. The third kappa shape index (κ3) is 5.39. The van der Waals surface area contributed by atoms with Crippen LogP contribution in [0, 0.1) is 0 Å². The van der Waals surface area contributed by atoms with Gasteiger partial charge in [-0.25, -0.2) is 0 Å². The molecule has 0 atom stereocenters. The number of halogens is 1. The van der Waals surface area contributed by atoms with E-state index < -0.39 is 8.80 Å². The van der Waals surface area contributed by atoms with Gasteiger partial charge in [-0.05, 0) is 28.8 Å². The van der Waals surface area contributed by atoms with Crippen LogP contribution in [0.4, 0.5) is 0 Å². The van der Waals surface area contributed by atoms with Gasteiger partial charge in [0, 0.05) is 13.3 Å². The van der Waals surface area contributed by atoms with Crippen molar-refractivity contribution in [3.63, 3.8) is 0 Å². The zero-order chi connectivity index (χ0) is 16.9. The summed E-state index contributed by atoms with van der Waals surface area (Å²) in [5, 5.41) is 0.254. The van der Waals surface area contributed by atoms with Crippen LogP contribution < -0.4 is 9.47 Å². The fraction of sp³-hybridized carbons (Fsp3) is 0.368. The van der Waals surface area contributed by atoms with E-state index in [1.807, 2.05) is 36.4 Å². The molecular weight excluding hydrogens is 368 g/mol. The van der Waals surface area contributed by atoms with E-state index in [1.54, 1.807) is 0 Å². The van der Waals surface area contributed by atoms with Crippen molar-refractivity contribution in [3.05, 3.63) is 58.6 Å². The molecule has 0 aromatic heterocycles. The van der Waals surface area contributed by atoms with E-state index in [2.05, 4.69) is 55.0 Å². The third-order valence-corrected chi connectivity index (χ3v) is 8.09. The van der Waals surface area contributed by atoms with E-state index in [4.69, 9.17) is 9.47 Å². The second-order valence-electron chi connectivity index (χ2n) is 6.80. The molecule has 0 heterocycles. The Labute approximate surface area is 149 Å². The van der Waals surface area contributed by atoms with Crippen molar-refractivity contribution in [3.8, 4) is 11.5 Å². The molecule has 2 aromatic carbocycles. The second kappa shape index (κ2) is 8.02. The smallest absolute Gasteiger partial charge is 0.162 e. The first kappa shape index (κ1) is 18.1. The van der Waals surface area contributed by atoms with Gasteiger partial charge in [0.15, 0.2) is 11.5 Å². The number of hydrogen-bond acceptors (Lipinski definition) is 2. The predicted octanol–water partition coefficient (Wildman–Crippen LogP) is 5.67. The summed E-state index contributed by atoms with van der Waals surface area (Å²) in [6.45, 7) is 10.5. The molecule has 124 valence electrons. The Bertz CT molecular complexity index is 627. The highest BCUT2D eigenvalue weighted by Crippen LogP contribution is 2.35. The van der Waals surface area contributed by atoms with Gasteiger partial charge in [0.25, 0.3) is 0 Å². The van der Waals surface area contributed by atoms with Crippen LogP contribution in [0.2, 0.25) is 18.1 Å². The van der Waals surface area contributed by atoms with E-state index >= 15 is 0 Å².